The molecule has 4 rings (SSSR count). The summed E-state index contributed by atoms with van der Waals surface area (Å²) >= 11 is 3.36. The highest BCUT2D eigenvalue weighted by molar-refractivity contribution is 9.10. The highest BCUT2D eigenvalue weighted by atomic mass is 79.9. The standard InChI is InChI=1S/C17H18BrFN4O2/c18-12-3-1-4-13(9-12)20-16(24)23-8-2-7-17(19,10-23)15-21-14(22-25-15)11-5-6-11/h1,3-4,9,11H,2,5-8,10H2,(H,20,24). The van der Waals surface area contributed by atoms with Crippen LogP contribution in [0.1, 0.15) is 43.3 Å². The molecule has 1 atom stereocenters. The molecule has 0 spiro atoms. The second-order valence-electron chi connectivity index (χ2n) is 6.66. The minimum atomic E-state index is -1.78. The molecule has 1 unspecified atom stereocenters. The van der Waals surface area contributed by atoms with Gasteiger partial charge in [-0.15, -0.1) is 0 Å². The van der Waals surface area contributed by atoms with E-state index >= 15 is 4.39 Å². The number of halogens is 2. The van der Waals surface area contributed by atoms with Crippen LogP contribution in [0.2, 0.25) is 0 Å². The Morgan fingerprint density at radius 2 is 2.28 bits per heavy atom. The number of piperidine rings is 1. The molecule has 132 valence electrons. The molecule has 2 fully saturated rings. The van der Waals surface area contributed by atoms with Crippen LogP contribution in [0, 0.1) is 0 Å². The largest absolute Gasteiger partial charge is 0.336 e. The molecule has 6 nitrogen and oxygen atoms in total. The van der Waals surface area contributed by atoms with Gasteiger partial charge in [-0.25, -0.2) is 9.18 Å². The zero-order chi connectivity index (χ0) is 17.4. The number of hydrogen-bond acceptors (Lipinski definition) is 4. The highest BCUT2D eigenvalue weighted by Crippen LogP contribution is 2.40. The molecule has 2 amide bonds. The van der Waals surface area contributed by atoms with E-state index in [1.807, 2.05) is 12.1 Å². The lowest BCUT2D eigenvalue weighted by molar-refractivity contribution is 0.0333. The van der Waals surface area contributed by atoms with E-state index in [1.165, 1.54) is 4.90 Å². The van der Waals surface area contributed by atoms with Crippen LogP contribution in [0.5, 0.6) is 0 Å². The van der Waals surface area contributed by atoms with E-state index in [2.05, 4.69) is 31.4 Å². The zero-order valence-corrected chi connectivity index (χ0v) is 15.1. The first kappa shape index (κ1) is 16.5. The van der Waals surface area contributed by atoms with Gasteiger partial charge in [-0.1, -0.05) is 27.2 Å². The molecule has 2 aromatic rings. The second-order valence-corrected chi connectivity index (χ2v) is 7.58. The second kappa shape index (κ2) is 6.40. The number of hydrogen-bond donors (Lipinski definition) is 1. The summed E-state index contributed by atoms with van der Waals surface area (Å²) in [7, 11) is 0. The van der Waals surface area contributed by atoms with Crippen molar-refractivity contribution in [3.63, 3.8) is 0 Å². The first-order chi connectivity index (χ1) is 12.0. The fraction of sp³-hybridized carbons (Fsp3) is 0.471. The number of nitrogens with zero attached hydrogens (tertiary/aromatic N) is 3. The number of carbonyl (C=O) groups is 1. The van der Waals surface area contributed by atoms with Gasteiger partial charge in [0.2, 0.25) is 5.67 Å². The quantitative estimate of drug-likeness (QED) is 0.825. The summed E-state index contributed by atoms with van der Waals surface area (Å²) in [5, 5.41) is 6.69. The zero-order valence-electron chi connectivity index (χ0n) is 13.5. The summed E-state index contributed by atoms with van der Waals surface area (Å²) in [6.45, 7) is 0.411. The number of amides is 2. The van der Waals surface area contributed by atoms with Crippen LogP contribution >= 0.6 is 15.9 Å². The fourth-order valence-electron chi connectivity index (χ4n) is 3.05. The summed E-state index contributed by atoms with van der Waals surface area (Å²) in [6, 6.07) is 6.95. The maximum Gasteiger partial charge on any atom is 0.321 e. The number of benzene rings is 1. The van der Waals surface area contributed by atoms with E-state index < -0.39 is 5.67 Å². The Labute approximate surface area is 152 Å². The first-order valence-electron chi connectivity index (χ1n) is 8.38. The van der Waals surface area contributed by atoms with Crippen LogP contribution in [-0.4, -0.2) is 34.2 Å². The van der Waals surface area contributed by atoms with Crippen molar-refractivity contribution in [2.45, 2.75) is 37.3 Å². The van der Waals surface area contributed by atoms with Crippen LogP contribution < -0.4 is 5.32 Å². The Morgan fingerprint density at radius 1 is 1.44 bits per heavy atom. The normalized spacial score (nSPS) is 23.5. The van der Waals surface area contributed by atoms with E-state index in [0.29, 0.717) is 30.4 Å². The maximum absolute atomic E-state index is 15.4. The molecule has 1 aromatic heterocycles. The first-order valence-corrected chi connectivity index (χ1v) is 9.17. The molecule has 0 radical (unpaired) electrons. The number of aromatic nitrogens is 2. The Bertz CT molecular complexity index is 794. The molecular formula is C17H18BrFN4O2. The van der Waals surface area contributed by atoms with Crippen molar-refractivity contribution in [1.29, 1.82) is 0 Å². The number of anilines is 1. The molecule has 2 heterocycles. The van der Waals surface area contributed by atoms with Crippen molar-refractivity contribution in [2.24, 2.45) is 0 Å². The van der Waals surface area contributed by atoms with Gasteiger partial charge in [-0.2, -0.15) is 4.98 Å². The number of alkyl halides is 1. The summed E-state index contributed by atoms with van der Waals surface area (Å²) in [4.78, 5) is 18.2. The highest BCUT2D eigenvalue weighted by Gasteiger charge is 2.44. The Morgan fingerprint density at radius 3 is 3.04 bits per heavy atom. The number of urea groups is 1. The van der Waals surface area contributed by atoms with Gasteiger partial charge in [0, 0.05) is 22.6 Å². The van der Waals surface area contributed by atoms with Gasteiger partial charge in [0.15, 0.2) is 5.82 Å². The lowest BCUT2D eigenvalue weighted by atomic mass is 9.94. The Hall–Kier alpha value is -1.96. The molecule has 1 aromatic carbocycles. The third-order valence-electron chi connectivity index (χ3n) is 4.57. The van der Waals surface area contributed by atoms with Gasteiger partial charge in [0.25, 0.3) is 5.89 Å². The van der Waals surface area contributed by atoms with Crippen LogP contribution in [-0.2, 0) is 5.67 Å². The average molecular weight is 409 g/mol. The molecule has 1 aliphatic carbocycles. The number of likely N-dealkylation sites (tertiary alicyclic amines) is 1. The van der Waals surface area contributed by atoms with E-state index in [9.17, 15) is 4.79 Å². The molecule has 1 aliphatic heterocycles. The van der Waals surface area contributed by atoms with Crippen LogP contribution in [0.3, 0.4) is 0 Å². The molecule has 1 N–H and O–H groups in total. The van der Waals surface area contributed by atoms with Crippen molar-refractivity contribution in [3.8, 4) is 0 Å². The van der Waals surface area contributed by atoms with Gasteiger partial charge in [-0.05, 0) is 43.9 Å². The monoisotopic (exact) mass is 408 g/mol. The lowest BCUT2D eigenvalue weighted by Crippen LogP contribution is -2.48. The molecule has 25 heavy (non-hydrogen) atoms. The van der Waals surface area contributed by atoms with Crippen molar-refractivity contribution >= 4 is 27.6 Å². The van der Waals surface area contributed by atoms with Gasteiger partial charge in [-0.3, -0.25) is 0 Å². The third-order valence-corrected chi connectivity index (χ3v) is 5.07. The number of nitrogens with one attached hydrogen (secondary N) is 1. The smallest absolute Gasteiger partial charge is 0.321 e. The molecule has 0 bridgehead atoms. The van der Waals surface area contributed by atoms with Crippen molar-refractivity contribution in [3.05, 3.63) is 40.5 Å². The molecule has 2 aliphatic rings. The van der Waals surface area contributed by atoms with Crippen LogP contribution in [0.25, 0.3) is 0 Å². The minimum Gasteiger partial charge on any atom is -0.336 e. The predicted octanol–water partition coefficient (Wildman–Crippen LogP) is 4.20. The van der Waals surface area contributed by atoms with Crippen molar-refractivity contribution < 1.29 is 13.7 Å². The van der Waals surface area contributed by atoms with Crippen LogP contribution in [0.4, 0.5) is 14.9 Å². The number of rotatable bonds is 3. The fourth-order valence-corrected chi connectivity index (χ4v) is 3.45. The van der Waals surface area contributed by atoms with Crippen molar-refractivity contribution in [1.82, 2.24) is 15.0 Å². The van der Waals surface area contributed by atoms with Gasteiger partial charge in [0.05, 0.1) is 6.54 Å². The van der Waals surface area contributed by atoms with E-state index in [0.717, 1.165) is 17.3 Å². The maximum atomic E-state index is 15.4. The summed E-state index contributed by atoms with van der Waals surface area (Å²) in [6.07, 6.45) is 2.88. The summed E-state index contributed by atoms with van der Waals surface area (Å²) in [5.41, 5.74) is -1.13. The molecule has 8 heteroatoms. The predicted molar refractivity (Wildman–Crippen MR) is 93.0 cm³/mol. The van der Waals surface area contributed by atoms with Gasteiger partial charge < -0.3 is 14.7 Å². The topological polar surface area (TPSA) is 71.3 Å². The Balaban J connectivity index is 1.46. The lowest BCUT2D eigenvalue weighted by Gasteiger charge is -2.35. The third kappa shape index (κ3) is 3.53. The van der Waals surface area contributed by atoms with Crippen LogP contribution in [0.15, 0.2) is 33.3 Å². The average Bonchev–Trinajstić information content (AvgIpc) is 3.31. The van der Waals surface area contributed by atoms with E-state index in [-0.39, 0.29) is 24.9 Å². The minimum absolute atomic E-state index is 0.00523. The van der Waals surface area contributed by atoms with Crippen molar-refractivity contribution in [2.75, 3.05) is 18.4 Å². The molecule has 1 saturated heterocycles. The molecular weight excluding hydrogens is 391 g/mol. The van der Waals surface area contributed by atoms with Gasteiger partial charge in [0.1, 0.15) is 0 Å². The summed E-state index contributed by atoms with van der Waals surface area (Å²) < 4.78 is 21.4. The molecule has 1 saturated carbocycles. The van der Waals surface area contributed by atoms with E-state index in [4.69, 9.17) is 4.52 Å². The summed E-state index contributed by atoms with van der Waals surface area (Å²) in [5.74, 6) is 0.887. The SMILES string of the molecule is O=C(Nc1cccc(Br)c1)N1CCCC(F)(c2nc(C3CC3)no2)C1. The Kier molecular flexibility index (Phi) is 4.23. The number of carbonyl (C=O) groups excluding carboxylic acids is 1. The van der Waals surface area contributed by atoms with Gasteiger partial charge >= 0.3 is 6.03 Å². The van der Waals surface area contributed by atoms with E-state index in [1.54, 1.807) is 12.1 Å².